The number of methoxy groups -OCH3 is 1. The van der Waals surface area contributed by atoms with Crippen molar-refractivity contribution < 1.29 is 17.9 Å². The van der Waals surface area contributed by atoms with E-state index >= 15 is 0 Å². The van der Waals surface area contributed by atoms with Crippen molar-refractivity contribution in [1.29, 1.82) is 0 Å². The molecule has 1 aromatic carbocycles. The third-order valence-electron chi connectivity index (χ3n) is 6.91. The average Bonchev–Trinajstić information content (AvgIpc) is 3.71. The molecule has 0 spiro atoms. The molecular weight excluding hydrogens is 523 g/mol. The zero-order chi connectivity index (χ0) is 28.0. The van der Waals surface area contributed by atoms with Crippen molar-refractivity contribution in [3.8, 4) is 28.7 Å². The van der Waals surface area contributed by atoms with Gasteiger partial charge in [0, 0.05) is 41.9 Å². The van der Waals surface area contributed by atoms with Crippen LogP contribution in [0.15, 0.2) is 59.9 Å². The second-order valence-electron chi connectivity index (χ2n) is 9.58. The number of ether oxygens (including phenoxy) is 1. The number of halogens is 3. The molecule has 5 aromatic rings. The van der Waals surface area contributed by atoms with E-state index in [2.05, 4.69) is 19.9 Å². The Balaban J connectivity index is 1.38. The molecule has 1 fully saturated rings. The van der Waals surface area contributed by atoms with E-state index in [4.69, 9.17) is 9.72 Å². The van der Waals surface area contributed by atoms with Gasteiger partial charge >= 0.3 is 6.18 Å². The number of pyridine rings is 1. The number of alkyl halides is 3. The van der Waals surface area contributed by atoms with E-state index in [9.17, 15) is 18.0 Å². The fourth-order valence-electron chi connectivity index (χ4n) is 4.72. The van der Waals surface area contributed by atoms with E-state index in [-0.39, 0.29) is 23.8 Å². The van der Waals surface area contributed by atoms with Gasteiger partial charge < -0.3 is 9.30 Å². The second kappa shape index (κ2) is 9.85. The van der Waals surface area contributed by atoms with Crippen molar-refractivity contribution >= 4 is 11.0 Å². The van der Waals surface area contributed by atoms with Gasteiger partial charge in [-0.05, 0) is 31.4 Å². The maximum absolute atomic E-state index is 13.2. The monoisotopic (exact) mass is 547 g/mol. The highest BCUT2D eigenvalue weighted by atomic mass is 19.4. The molecule has 204 valence electrons. The fourth-order valence-corrected chi connectivity index (χ4v) is 4.72. The zero-order valence-corrected chi connectivity index (χ0v) is 21.7. The lowest BCUT2D eigenvalue weighted by Gasteiger charge is -2.13. The molecule has 0 N–H and O–H groups in total. The normalized spacial score (nSPS) is 13.6. The number of aromatic nitrogens is 7. The predicted octanol–water partition coefficient (Wildman–Crippen LogP) is 5.09. The maximum Gasteiger partial charge on any atom is 0.434 e. The van der Waals surface area contributed by atoms with E-state index in [1.54, 1.807) is 43.5 Å². The first-order valence-electron chi connectivity index (χ1n) is 12.8. The molecule has 0 radical (unpaired) electrons. The molecule has 0 amide bonds. The first kappa shape index (κ1) is 25.7. The minimum Gasteiger partial charge on any atom is -0.480 e. The van der Waals surface area contributed by atoms with Gasteiger partial charge in [-0.3, -0.25) is 9.36 Å². The Labute approximate surface area is 226 Å². The van der Waals surface area contributed by atoms with Gasteiger partial charge in [0.15, 0.2) is 11.5 Å². The highest BCUT2D eigenvalue weighted by Gasteiger charge is 2.35. The number of nitrogens with zero attached hydrogens (tertiary/aromatic N) is 7. The summed E-state index contributed by atoms with van der Waals surface area (Å²) in [6.07, 6.45) is 1.63. The average molecular weight is 548 g/mol. The third kappa shape index (κ3) is 4.69. The molecule has 40 heavy (non-hydrogen) atoms. The molecule has 0 bridgehead atoms. The molecule has 0 aliphatic heterocycles. The van der Waals surface area contributed by atoms with E-state index in [0.717, 1.165) is 30.3 Å². The predicted molar refractivity (Wildman–Crippen MR) is 141 cm³/mol. The molecule has 1 aliphatic rings. The van der Waals surface area contributed by atoms with Crippen LogP contribution >= 0.6 is 0 Å². The Morgan fingerprint density at radius 3 is 2.48 bits per heavy atom. The number of hydrogen-bond donors (Lipinski definition) is 0. The SMILES string of the molecule is CCn1cc(C(F)(F)F)nc1-c1ccc(Cn2c(=O)ccc3cnc(-c4c(OC)ncnc4C4CC4)nc32)cc1. The van der Waals surface area contributed by atoms with Crippen LogP contribution in [0.4, 0.5) is 13.2 Å². The molecule has 1 aliphatic carbocycles. The Morgan fingerprint density at radius 1 is 1.02 bits per heavy atom. The van der Waals surface area contributed by atoms with Gasteiger partial charge in [0.05, 0.1) is 19.3 Å². The molecule has 12 heteroatoms. The summed E-state index contributed by atoms with van der Waals surface area (Å²) in [7, 11) is 1.53. The maximum atomic E-state index is 13.2. The summed E-state index contributed by atoms with van der Waals surface area (Å²) < 4.78 is 48.1. The summed E-state index contributed by atoms with van der Waals surface area (Å²) in [4.78, 5) is 34.8. The van der Waals surface area contributed by atoms with Crippen molar-refractivity contribution in [1.82, 2.24) is 34.1 Å². The van der Waals surface area contributed by atoms with Crippen LogP contribution in [0.2, 0.25) is 0 Å². The molecule has 0 saturated heterocycles. The summed E-state index contributed by atoms with van der Waals surface area (Å²) in [6.45, 7) is 2.29. The second-order valence-corrected chi connectivity index (χ2v) is 9.58. The van der Waals surface area contributed by atoms with Crippen LogP contribution in [0.1, 0.15) is 42.6 Å². The summed E-state index contributed by atoms with van der Waals surface area (Å²) in [5, 5.41) is 0.674. The highest BCUT2D eigenvalue weighted by molar-refractivity contribution is 5.78. The highest BCUT2D eigenvalue weighted by Crippen LogP contribution is 2.44. The minimum absolute atomic E-state index is 0.195. The zero-order valence-electron chi connectivity index (χ0n) is 21.7. The van der Waals surface area contributed by atoms with Gasteiger partial charge in [-0.25, -0.2) is 24.9 Å². The van der Waals surface area contributed by atoms with Crippen LogP contribution in [0.5, 0.6) is 5.88 Å². The first-order valence-corrected chi connectivity index (χ1v) is 12.8. The molecule has 4 aromatic heterocycles. The van der Waals surface area contributed by atoms with Gasteiger partial charge in [-0.2, -0.15) is 13.2 Å². The van der Waals surface area contributed by atoms with Crippen molar-refractivity contribution in [2.24, 2.45) is 0 Å². The summed E-state index contributed by atoms with van der Waals surface area (Å²) >= 11 is 0. The number of rotatable bonds is 7. The van der Waals surface area contributed by atoms with E-state index in [1.807, 2.05) is 0 Å². The van der Waals surface area contributed by atoms with Crippen LogP contribution in [0.25, 0.3) is 33.8 Å². The standard InChI is InChI=1S/C28H24F3N7O2/c1-3-37-14-20(28(29,30)31)35-25(37)18-6-4-16(5-7-18)13-38-21(39)11-10-19-12-32-24(36-26(19)38)22-23(17-8-9-17)33-15-34-27(22)40-2/h4-7,10-12,14-15,17H,3,8-9,13H2,1-2H3. The van der Waals surface area contributed by atoms with Gasteiger partial charge in [0.25, 0.3) is 5.56 Å². The fraction of sp³-hybridized carbons (Fsp3) is 0.286. The van der Waals surface area contributed by atoms with Gasteiger partial charge in [-0.15, -0.1) is 0 Å². The summed E-state index contributed by atoms with van der Waals surface area (Å²) in [6, 6.07) is 10.1. The molecule has 1 saturated carbocycles. The lowest BCUT2D eigenvalue weighted by atomic mass is 10.1. The van der Waals surface area contributed by atoms with E-state index in [0.29, 0.717) is 40.4 Å². The van der Waals surface area contributed by atoms with Gasteiger partial charge in [0.1, 0.15) is 23.4 Å². The molecular formula is C28H24F3N7O2. The number of benzene rings is 1. The smallest absolute Gasteiger partial charge is 0.434 e. The number of hydrogen-bond acceptors (Lipinski definition) is 7. The molecule has 4 heterocycles. The summed E-state index contributed by atoms with van der Waals surface area (Å²) in [5.41, 5.74) is 2.00. The van der Waals surface area contributed by atoms with Crippen LogP contribution in [0.3, 0.4) is 0 Å². The van der Waals surface area contributed by atoms with Crippen molar-refractivity contribution in [2.75, 3.05) is 7.11 Å². The van der Waals surface area contributed by atoms with Crippen molar-refractivity contribution in [2.45, 2.75) is 44.9 Å². The van der Waals surface area contributed by atoms with Crippen molar-refractivity contribution in [3.63, 3.8) is 0 Å². The van der Waals surface area contributed by atoms with Crippen LogP contribution < -0.4 is 10.3 Å². The van der Waals surface area contributed by atoms with Gasteiger partial charge in [-0.1, -0.05) is 24.3 Å². The van der Waals surface area contributed by atoms with E-state index < -0.39 is 11.9 Å². The lowest BCUT2D eigenvalue weighted by molar-refractivity contribution is -0.140. The van der Waals surface area contributed by atoms with Crippen LogP contribution in [-0.2, 0) is 19.3 Å². The first-order chi connectivity index (χ1) is 19.3. The minimum atomic E-state index is -4.53. The number of aryl methyl sites for hydroxylation is 1. The molecule has 0 atom stereocenters. The van der Waals surface area contributed by atoms with Crippen molar-refractivity contribution in [3.05, 3.63) is 82.4 Å². The Bertz CT molecular complexity index is 1770. The molecule has 6 rings (SSSR count). The lowest BCUT2D eigenvalue weighted by Crippen LogP contribution is -2.21. The molecule has 9 nitrogen and oxygen atoms in total. The van der Waals surface area contributed by atoms with E-state index in [1.165, 1.54) is 28.6 Å². The number of fused-ring (bicyclic) bond motifs is 1. The van der Waals surface area contributed by atoms with Gasteiger partial charge in [0.2, 0.25) is 5.88 Å². The Kier molecular flexibility index (Phi) is 6.32. The Morgan fingerprint density at radius 2 is 1.80 bits per heavy atom. The van der Waals surface area contributed by atoms with Crippen LogP contribution in [-0.4, -0.2) is 41.2 Å². The quantitative estimate of drug-likeness (QED) is 0.280. The Hall–Kier alpha value is -4.61. The third-order valence-corrected chi connectivity index (χ3v) is 6.91. The number of imidazole rings is 1. The van der Waals surface area contributed by atoms with Crippen LogP contribution in [0, 0.1) is 0 Å². The summed E-state index contributed by atoms with van der Waals surface area (Å²) in [5.74, 6) is 1.26. The molecule has 0 unspecified atom stereocenters. The largest absolute Gasteiger partial charge is 0.480 e. The topological polar surface area (TPSA) is 101 Å².